The SMILES string of the molecule is [C-]#[N+]c1cnc(C)c2ccccc12. The van der Waals surface area contributed by atoms with Crippen LogP contribution in [0.4, 0.5) is 5.69 Å². The van der Waals surface area contributed by atoms with Gasteiger partial charge in [-0.25, -0.2) is 4.85 Å². The van der Waals surface area contributed by atoms with Crippen LogP contribution < -0.4 is 0 Å². The van der Waals surface area contributed by atoms with Gasteiger partial charge in [0.25, 0.3) is 0 Å². The Morgan fingerprint density at radius 2 is 1.92 bits per heavy atom. The molecule has 0 N–H and O–H groups in total. The number of fused-ring (bicyclic) bond motifs is 1. The van der Waals surface area contributed by atoms with Crippen molar-refractivity contribution < 1.29 is 0 Å². The molecule has 0 unspecified atom stereocenters. The highest BCUT2D eigenvalue weighted by Gasteiger charge is 2.02. The zero-order valence-corrected chi connectivity index (χ0v) is 7.28. The summed E-state index contributed by atoms with van der Waals surface area (Å²) in [5.74, 6) is 0. The topological polar surface area (TPSA) is 17.2 Å². The van der Waals surface area contributed by atoms with Gasteiger partial charge in [-0.1, -0.05) is 24.3 Å². The van der Waals surface area contributed by atoms with E-state index in [1.54, 1.807) is 6.20 Å². The predicted molar refractivity (Wildman–Crippen MR) is 52.7 cm³/mol. The molecule has 0 atom stereocenters. The first-order valence-electron chi connectivity index (χ1n) is 4.05. The van der Waals surface area contributed by atoms with Gasteiger partial charge in [0.15, 0.2) is 0 Å². The maximum Gasteiger partial charge on any atom is 0.212 e. The van der Waals surface area contributed by atoms with Crippen molar-refractivity contribution in [2.75, 3.05) is 0 Å². The van der Waals surface area contributed by atoms with Gasteiger partial charge in [-0.2, -0.15) is 0 Å². The van der Waals surface area contributed by atoms with Crippen molar-refractivity contribution in [2.45, 2.75) is 6.92 Å². The van der Waals surface area contributed by atoms with Crippen molar-refractivity contribution in [3.8, 4) is 0 Å². The van der Waals surface area contributed by atoms with Crippen molar-refractivity contribution in [1.29, 1.82) is 0 Å². The summed E-state index contributed by atoms with van der Waals surface area (Å²) < 4.78 is 0. The van der Waals surface area contributed by atoms with Crippen molar-refractivity contribution in [1.82, 2.24) is 4.98 Å². The fourth-order valence-electron chi connectivity index (χ4n) is 1.41. The van der Waals surface area contributed by atoms with Gasteiger partial charge in [0.1, 0.15) is 0 Å². The number of aryl methyl sites for hydroxylation is 1. The van der Waals surface area contributed by atoms with Crippen molar-refractivity contribution in [3.63, 3.8) is 0 Å². The average Bonchev–Trinajstić information content (AvgIpc) is 2.19. The Hall–Kier alpha value is -1.88. The maximum atomic E-state index is 6.98. The third-order valence-electron chi connectivity index (χ3n) is 2.09. The molecule has 1 aromatic carbocycles. The summed E-state index contributed by atoms with van der Waals surface area (Å²) in [6, 6.07) is 7.85. The van der Waals surface area contributed by atoms with Crippen molar-refractivity contribution in [3.05, 3.63) is 47.6 Å². The zero-order valence-electron chi connectivity index (χ0n) is 7.28. The monoisotopic (exact) mass is 168 g/mol. The molecule has 0 aliphatic carbocycles. The predicted octanol–water partition coefficient (Wildman–Crippen LogP) is 3.09. The molecule has 2 heteroatoms. The van der Waals surface area contributed by atoms with Gasteiger partial charge < -0.3 is 0 Å². The van der Waals surface area contributed by atoms with Crippen molar-refractivity contribution in [2.24, 2.45) is 0 Å². The van der Waals surface area contributed by atoms with Crippen LogP contribution in [0.15, 0.2) is 30.5 Å². The fraction of sp³-hybridized carbons (Fsp3) is 0.0909. The van der Waals surface area contributed by atoms with E-state index in [-0.39, 0.29) is 0 Å². The van der Waals surface area contributed by atoms with E-state index >= 15 is 0 Å². The third kappa shape index (κ3) is 1.15. The van der Waals surface area contributed by atoms with Crippen LogP contribution in [0.3, 0.4) is 0 Å². The van der Waals surface area contributed by atoms with Crippen LogP contribution in [0.2, 0.25) is 0 Å². The molecule has 0 aliphatic heterocycles. The molecule has 0 radical (unpaired) electrons. The molecule has 0 fully saturated rings. The number of hydrogen-bond acceptors (Lipinski definition) is 1. The van der Waals surface area contributed by atoms with Crippen LogP contribution in [0, 0.1) is 13.5 Å². The van der Waals surface area contributed by atoms with E-state index in [1.807, 2.05) is 31.2 Å². The highest BCUT2D eigenvalue weighted by Crippen LogP contribution is 2.26. The molecule has 2 nitrogen and oxygen atoms in total. The van der Waals surface area contributed by atoms with Crippen LogP contribution in [-0.4, -0.2) is 4.98 Å². The van der Waals surface area contributed by atoms with Crippen LogP contribution in [0.25, 0.3) is 15.6 Å². The molecule has 2 rings (SSSR count). The first-order valence-corrected chi connectivity index (χ1v) is 4.05. The van der Waals surface area contributed by atoms with Crippen molar-refractivity contribution >= 4 is 16.5 Å². The average molecular weight is 168 g/mol. The van der Waals surface area contributed by atoms with Gasteiger partial charge in [-0.15, -0.1) is 0 Å². The summed E-state index contributed by atoms with van der Waals surface area (Å²) in [7, 11) is 0. The molecule has 2 aromatic rings. The number of pyridine rings is 1. The second kappa shape index (κ2) is 2.87. The smallest absolute Gasteiger partial charge is 0.212 e. The van der Waals surface area contributed by atoms with Gasteiger partial charge in [-0.3, -0.25) is 4.98 Å². The Morgan fingerprint density at radius 1 is 1.23 bits per heavy atom. The zero-order chi connectivity index (χ0) is 9.26. The van der Waals surface area contributed by atoms with Crippen LogP contribution in [-0.2, 0) is 0 Å². The first kappa shape index (κ1) is 7.75. The second-order valence-electron chi connectivity index (χ2n) is 2.89. The maximum absolute atomic E-state index is 6.98. The van der Waals surface area contributed by atoms with Gasteiger partial charge in [0.05, 0.1) is 6.57 Å². The van der Waals surface area contributed by atoms with Gasteiger partial charge in [0, 0.05) is 11.9 Å². The summed E-state index contributed by atoms with van der Waals surface area (Å²) >= 11 is 0. The standard InChI is InChI=1S/C11H8N2/c1-8-9-5-3-4-6-10(9)11(12-2)7-13-8/h3-7H,1H3. The van der Waals surface area contributed by atoms with Gasteiger partial charge in [-0.05, 0) is 17.7 Å². The highest BCUT2D eigenvalue weighted by atomic mass is 14.7. The van der Waals surface area contributed by atoms with E-state index in [9.17, 15) is 0 Å². The number of aromatic nitrogens is 1. The lowest BCUT2D eigenvalue weighted by molar-refractivity contribution is 1.24. The molecule has 13 heavy (non-hydrogen) atoms. The first-order chi connectivity index (χ1) is 6.33. The van der Waals surface area contributed by atoms with Crippen LogP contribution in [0.1, 0.15) is 5.69 Å². The van der Waals surface area contributed by atoms with Gasteiger partial charge >= 0.3 is 0 Å². The molecule has 0 saturated heterocycles. The Kier molecular flexibility index (Phi) is 1.71. The van der Waals surface area contributed by atoms with E-state index in [4.69, 9.17) is 6.57 Å². The number of nitrogens with zero attached hydrogens (tertiary/aromatic N) is 2. The summed E-state index contributed by atoms with van der Waals surface area (Å²) in [5.41, 5.74) is 1.60. The summed E-state index contributed by atoms with van der Waals surface area (Å²) in [6.45, 7) is 8.94. The number of benzene rings is 1. The number of rotatable bonds is 0. The van der Waals surface area contributed by atoms with Crippen LogP contribution >= 0.6 is 0 Å². The van der Waals surface area contributed by atoms with E-state index < -0.39 is 0 Å². The van der Waals surface area contributed by atoms with Crippen LogP contribution in [0.5, 0.6) is 0 Å². The minimum Gasteiger partial charge on any atom is -0.273 e. The van der Waals surface area contributed by atoms with E-state index in [1.165, 1.54) is 0 Å². The largest absolute Gasteiger partial charge is 0.273 e. The molecular weight excluding hydrogens is 160 g/mol. The van der Waals surface area contributed by atoms with E-state index in [2.05, 4.69) is 9.83 Å². The Bertz CT molecular complexity index is 495. The second-order valence-corrected chi connectivity index (χ2v) is 2.89. The Labute approximate surface area is 76.7 Å². The molecule has 1 aromatic heterocycles. The Morgan fingerprint density at radius 3 is 2.62 bits per heavy atom. The van der Waals surface area contributed by atoms with Gasteiger partial charge in [0.2, 0.25) is 5.69 Å². The van der Waals surface area contributed by atoms with E-state index in [0.29, 0.717) is 5.69 Å². The molecule has 0 aliphatic rings. The lowest BCUT2D eigenvalue weighted by atomic mass is 10.1. The normalized spacial score (nSPS) is 9.85. The molecule has 0 bridgehead atoms. The lowest BCUT2D eigenvalue weighted by Gasteiger charge is -2.01. The summed E-state index contributed by atoms with van der Waals surface area (Å²) in [6.07, 6.45) is 1.63. The summed E-state index contributed by atoms with van der Waals surface area (Å²) in [4.78, 5) is 7.59. The molecule has 0 amide bonds. The summed E-state index contributed by atoms with van der Waals surface area (Å²) in [5, 5.41) is 2.06. The third-order valence-corrected chi connectivity index (χ3v) is 2.09. The highest BCUT2D eigenvalue weighted by molar-refractivity contribution is 5.94. The van der Waals surface area contributed by atoms with E-state index in [0.717, 1.165) is 16.5 Å². The molecule has 0 spiro atoms. The quantitative estimate of drug-likeness (QED) is 0.552. The fourth-order valence-corrected chi connectivity index (χ4v) is 1.41. The lowest BCUT2D eigenvalue weighted by Crippen LogP contribution is -1.82. The Balaban J connectivity index is 2.95. The molecular formula is C11H8N2. The molecule has 62 valence electrons. The number of hydrogen-bond donors (Lipinski definition) is 0. The molecule has 1 heterocycles. The molecule has 0 saturated carbocycles. The minimum atomic E-state index is 0.626. The minimum absolute atomic E-state index is 0.626.